The molecule has 0 atom stereocenters. The highest BCUT2D eigenvalue weighted by Crippen LogP contribution is 2.32. The fourth-order valence-corrected chi connectivity index (χ4v) is 4.53. The Bertz CT molecular complexity index is 1410. The van der Waals surface area contributed by atoms with Gasteiger partial charge in [0.1, 0.15) is 17.1 Å². The van der Waals surface area contributed by atoms with Crippen molar-refractivity contribution >= 4 is 34.0 Å². The summed E-state index contributed by atoms with van der Waals surface area (Å²) in [5.41, 5.74) is 5.39. The van der Waals surface area contributed by atoms with Crippen LogP contribution in [0.2, 0.25) is 0 Å². The first-order valence-corrected chi connectivity index (χ1v) is 11.6. The van der Waals surface area contributed by atoms with Gasteiger partial charge >= 0.3 is 0 Å². The first kappa shape index (κ1) is 20.9. The van der Waals surface area contributed by atoms with Crippen LogP contribution in [0.3, 0.4) is 0 Å². The van der Waals surface area contributed by atoms with Gasteiger partial charge in [-0.3, -0.25) is 9.36 Å². The molecule has 0 saturated carbocycles. The van der Waals surface area contributed by atoms with Gasteiger partial charge in [0.05, 0.1) is 35.3 Å². The molecule has 0 fully saturated rings. The van der Waals surface area contributed by atoms with Crippen LogP contribution in [-0.4, -0.2) is 27.0 Å². The van der Waals surface area contributed by atoms with Gasteiger partial charge in [-0.25, -0.2) is 9.97 Å². The second kappa shape index (κ2) is 9.26. The van der Waals surface area contributed by atoms with Crippen molar-refractivity contribution in [1.82, 2.24) is 14.5 Å². The molecule has 0 aliphatic heterocycles. The van der Waals surface area contributed by atoms with E-state index in [4.69, 9.17) is 4.74 Å². The lowest BCUT2D eigenvalue weighted by Crippen LogP contribution is -2.14. The van der Waals surface area contributed by atoms with Crippen LogP contribution < -0.4 is 10.1 Å². The largest absolute Gasteiger partial charge is 0.493 e. The van der Waals surface area contributed by atoms with Gasteiger partial charge in [-0.15, -0.1) is 11.3 Å². The van der Waals surface area contributed by atoms with Crippen LogP contribution >= 0.6 is 11.3 Å². The van der Waals surface area contributed by atoms with E-state index in [0.717, 1.165) is 44.4 Å². The molecular weight excluding hydrogens is 432 g/mol. The SMILES string of the molecule is CCOc1ccccc1-c1nc(CC(=O)Nc2ccc(-n3cnc4ccccc43)cc2)cs1. The van der Waals surface area contributed by atoms with Gasteiger partial charge in [0.15, 0.2) is 0 Å². The molecule has 0 radical (unpaired) electrons. The number of nitrogens with one attached hydrogen (secondary N) is 1. The highest BCUT2D eigenvalue weighted by molar-refractivity contribution is 7.13. The maximum atomic E-state index is 12.6. The van der Waals surface area contributed by atoms with Gasteiger partial charge in [-0.2, -0.15) is 0 Å². The molecule has 0 unspecified atom stereocenters. The van der Waals surface area contributed by atoms with Gasteiger partial charge in [0.2, 0.25) is 5.91 Å². The molecule has 164 valence electrons. The van der Waals surface area contributed by atoms with Crippen molar-refractivity contribution in [2.24, 2.45) is 0 Å². The zero-order chi connectivity index (χ0) is 22.6. The molecular formula is C26H22N4O2S. The third kappa shape index (κ3) is 4.49. The summed E-state index contributed by atoms with van der Waals surface area (Å²) >= 11 is 1.51. The van der Waals surface area contributed by atoms with Crippen LogP contribution in [0.15, 0.2) is 84.5 Å². The molecule has 5 aromatic rings. The van der Waals surface area contributed by atoms with Crippen molar-refractivity contribution in [2.45, 2.75) is 13.3 Å². The summed E-state index contributed by atoms with van der Waals surface area (Å²) in [5, 5.41) is 5.72. The van der Waals surface area contributed by atoms with Crippen molar-refractivity contribution in [3.05, 3.63) is 90.2 Å². The van der Waals surface area contributed by atoms with Gasteiger partial charge in [0, 0.05) is 16.8 Å². The number of benzene rings is 3. The number of carbonyl (C=O) groups is 1. The number of carbonyl (C=O) groups excluding carboxylic acids is 1. The van der Waals surface area contributed by atoms with Gasteiger partial charge < -0.3 is 10.1 Å². The number of imidazole rings is 1. The molecule has 5 rings (SSSR count). The minimum absolute atomic E-state index is 0.106. The molecule has 7 heteroatoms. The van der Waals surface area contributed by atoms with E-state index in [1.807, 2.05) is 96.0 Å². The van der Waals surface area contributed by atoms with Crippen LogP contribution in [0.1, 0.15) is 12.6 Å². The number of fused-ring (bicyclic) bond motifs is 1. The predicted molar refractivity (Wildman–Crippen MR) is 132 cm³/mol. The number of hydrogen-bond acceptors (Lipinski definition) is 5. The van der Waals surface area contributed by atoms with Crippen LogP contribution in [0.25, 0.3) is 27.3 Å². The van der Waals surface area contributed by atoms with E-state index in [-0.39, 0.29) is 12.3 Å². The summed E-state index contributed by atoms with van der Waals surface area (Å²) in [6.07, 6.45) is 2.02. The summed E-state index contributed by atoms with van der Waals surface area (Å²) in [7, 11) is 0. The maximum absolute atomic E-state index is 12.6. The summed E-state index contributed by atoms with van der Waals surface area (Å²) < 4.78 is 7.73. The molecule has 0 spiro atoms. The molecule has 0 bridgehead atoms. The Kier molecular flexibility index (Phi) is 5.87. The number of rotatable bonds is 7. The quantitative estimate of drug-likeness (QED) is 0.341. The smallest absolute Gasteiger partial charge is 0.230 e. The Labute approximate surface area is 195 Å². The fourth-order valence-electron chi connectivity index (χ4n) is 3.68. The normalized spacial score (nSPS) is 10.9. The van der Waals surface area contributed by atoms with Crippen LogP contribution in [0, 0.1) is 0 Å². The summed E-state index contributed by atoms with van der Waals surface area (Å²) in [6.45, 7) is 2.55. The minimum Gasteiger partial charge on any atom is -0.493 e. The van der Waals surface area contributed by atoms with E-state index in [1.165, 1.54) is 11.3 Å². The summed E-state index contributed by atoms with van der Waals surface area (Å²) in [4.78, 5) is 21.7. The highest BCUT2D eigenvalue weighted by atomic mass is 32.1. The van der Waals surface area contributed by atoms with Crippen molar-refractivity contribution < 1.29 is 9.53 Å². The molecule has 0 saturated heterocycles. The van der Waals surface area contributed by atoms with E-state index in [9.17, 15) is 4.79 Å². The van der Waals surface area contributed by atoms with Crippen LogP contribution in [0.4, 0.5) is 5.69 Å². The number of aromatic nitrogens is 3. The Morgan fingerprint density at radius 2 is 1.82 bits per heavy atom. The first-order chi connectivity index (χ1) is 16.2. The topological polar surface area (TPSA) is 69.0 Å². The van der Waals surface area contributed by atoms with E-state index in [2.05, 4.69) is 15.3 Å². The molecule has 0 aliphatic rings. The number of nitrogens with zero attached hydrogens (tertiary/aromatic N) is 3. The summed E-state index contributed by atoms with van der Waals surface area (Å²) in [5.74, 6) is 0.696. The monoisotopic (exact) mass is 454 g/mol. The zero-order valence-corrected chi connectivity index (χ0v) is 18.9. The average Bonchev–Trinajstić information content (AvgIpc) is 3.47. The zero-order valence-electron chi connectivity index (χ0n) is 18.1. The third-order valence-corrected chi connectivity index (χ3v) is 6.12. The van der Waals surface area contributed by atoms with Crippen molar-refractivity contribution in [1.29, 1.82) is 0 Å². The number of amides is 1. The van der Waals surface area contributed by atoms with E-state index in [1.54, 1.807) is 0 Å². The third-order valence-electron chi connectivity index (χ3n) is 5.19. The highest BCUT2D eigenvalue weighted by Gasteiger charge is 2.13. The molecule has 0 aliphatic carbocycles. The molecule has 2 heterocycles. The van der Waals surface area contributed by atoms with E-state index in [0.29, 0.717) is 6.61 Å². The van der Waals surface area contributed by atoms with Gasteiger partial charge in [-0.1, -0.05) is 24.3 Å². The van der Waals surface area contributed by atoms with Gasteiger partial charge in [0.25, 0.3) is 0 Å². The van der Waals surface area contributed by atoms with Gasteiger partial charge in [-0.05, 0) is 55.5 Å². The molecule has 3 aromatic carbocycles. The molecule has 33 heavy (non-hydrogen) atoms. The Morgan fingerprint density at radius 3 is 2.67 bits per heavy atom. The molecule has 1 amide bonds. The first-order valence-electron chi connectivity index (χ1n) is 10.7. The van der Waals surface area contributed by atoms with E-state index < -0.39 is 0 Å². The van der Waals surface area contributed by atoms with Crippen molar-refractivity contribution in [3.8, 4) is 22.0 Å². The summed E-state index contributed by atoms with van der Waals surface area (Å²) in [6, 6.07) is 23.5. The lowest BCUT2D eigenvalue weighted by atomic mass is 10.2. The lowest BCUT2D eigenvalue weighted by Gasteiger charge is -2.08. The lowest BCUT2D eigenvalue weighted by molar-refractivity contribution is -0.115. The number of thiazole rings is 1. The van der Waals surface area contributed by atoms with Crippen LogP contribution in [-0.2, 0) is 11.2 Å². The van der Waals surface area contributed by atoms with E-state index >= 15 is 0 Å². The second-order valence-corrected chi connectivity index (χ2v) is 8.31. The Morgan fingerprint density at radius 1 is 1.03 bits per heavy atom. The second-order valence-electron chi connectivity index (χ2n) is 7.45. The number of anilines is 1. The fraction of sp³-hybridized carbons (Fsp3) is 0.115. The minimum atomic E-state index is -0.106. The molecule has 2 aromatic heterocycles. The molecule has 1 N–H and O–H groups in total. The average molecular weight is 455 g/mol. The van der Waals surface area contributed by atoms with Crippen LogP contribution in [0.5, 0.6) is 5.75 Å². The maximum Gasteiger partial charge on any atom is 0.230 e. The van der Waals surface area contributed by atoms with Crippen molar-refractivity contribution in [2.75, 3.05) is 11.9 Å². The van der Waals surface area contributed by atoms with Crippen molar-refractivity contribution in [3.63, 3.8) is 0 Å². The Hall–Kier alpha value is -3.97. The number of ether oxygens (including phenoxy) is 1. The Balaban J connectivity index is 1.26. The standard InChI is InChI=1S/C26H22N4O2S/c1-2-32-24-10-6-3-7-21(24)26-29-19(16-33-26)15-25(31)28-18-11-13-20(14-12-18)30-17-27-22-8-4-5-9-23(22)30/h3-14,16-17H,2,15H2,1H3,(H,28,31). The number of hydrogen-bond donors (Lipinski definition) is 1. The number of para-hydroxylation sites is 3. The molecule has 6 nitrogen and oxygen atoms in total. The predicted octanol–water partition coefficient (Wildman–Crippen LogP) is 5.73.